The minimum Gasteiger partial charge on any atom is -1.00 e. The van der Waals surface area contributed by atoms with E-state index in [1.807, 2.05) is 6.92 Å². The van der Waals surface area contributed by atoms with Crippen molar-refractivity contribution in [2.45, 2.75) is 11.8 Å². The molecule has 0 aliphatic heterocycles. The van der Waals surface area contributed by atoms with E-state index in [0.29, 0.717) is 0 Å². The molecule has 8 heteroatoms. The Morgan fingerprint density at radius 2 is 1.94 bits per heavy atom. The molecule has 18 heavy (non-hydrogen) atoms. The summed E-state index contributed by atoms with van der Waals surface area (Å²) in [6, 6.07) is 6.42. The van der Waals surface area contributed by atoms with Crippen LogP contribution in [-0.4, -0.2) is 18.4 Å². The molecule has 5 nitrogen and oxygen atoms in total. The second kappa shape index (κ2) is 8.68. The van der Waals surface area contributed by atoms with Crippen LogP contribution >= 0.6 is 11.8 Å². The third-order valence-electron chi connectivity index (χ3n) is 1.84. The molecule has 0 bridgehead atoms. The van der Waals surface area contributed by atoms with Crippen LogP contribution in [0.2, 0.25) is 0 Å². The quantitative estimate of drug-likeness (QED) is 0.549. The molecule has 0 atom stereocenters. The number of hydrogen-bond acceptors (Lipinski definition) is 3. The first-order chi connectivity index (χ1) is 8.06. The van der Waals surface area contributed by atoms with Crippen molar-refractivity contribution >= 4 is 21.8 Å². The fourth-order valence-corrected chi connectivity index (χ4v) is 1.83. The van der Waals surface area contributed by atoms with Crippen LogP contribution < -0.4 is 33.8 Å². The van der Waals surface area contributed by atoms with Crippen molar-refractivity contribution in [3.05, 3.63) is 48.5 Å². The van der Waals surface area contributed by atoms with Gasteiger partial charge in [-0.3, -0.25) is 0 Å². The Morgan fingerprint density at radius 1 is 1.33 bits per heavy atom. The van der Waals surface area contributed by atoms with E-state index in [-0.39, 0.29) is 35.9 Å². The molecule has 1 heterocycles. The number of nitrogens with zero attached hydrogens (tertiary/aromatic N) is 1. The Bertz CT molecular complexity index is 517. The van der Waals surface area contributed by atoms with Gasteiger partial charge in [0.1, 0.15) is 0 Å². The van der Waals surface area contributed by atoms with Gasteiger partial charge in [0.15, 0.2) is 0 Å². The molecule has 94 valence electrons. The number of aromatic nitrogens is 2. The third-order valence-corrected chi connectivity index (χ3v) is 3.54. The number of sulfonamides is 1. The van der Waals surface area contributed by atoms with E-state index in [0.717, 1.165) is 5.56 Å². The standard InChI is InChI=1S/C7H8ClNO2S.C3H4N2.Na.H/c1-6-2-4-7(5-3-6)12(10,11)9-8;1-2-5-3-4-1;;/h2-5,9H,1H3;1-3H,(H,4,5);;/q;;+1;-1. The Balaban J connectivity index is 0. The number of rotatable bonds is 2. The summed E-state index contributed by atoms with van der Waals surface area (Å²) in [5, 5.41) is 0. The Kier molecular flexibility index (Phi) is 8.51. The van der Waals surface area contributed by atoms with Crippen molar-refractivity contribution in [1.82, 2.24) is 14.2 Å². The molecule has 1 aromatic carbocycles. The first kappa shape index (κ1) is 17.6. The zero-order chi connectivity index (χ0) is 12.7. The van der Waals surface area contributed by atoms with Crippen molar-refractivity contribution in [3.63, 3.8) is 0 Å². The Hall–Kier alpha value is -0.370. The molecule has 0 saturated carbocycles. The van der Waals surface area contributed by atoms with Crippen LogP contribution in [0.5, 0.6) is 0 Å². The first-order valence-corrected chi connectivity index (χ1v) is 6.54. The van der Waals surface area contributed by atoms with Gasteiger partial charge in [0.25, 0.3) is 10.0 Å². The van der Waals surface area contributed by atoms with E-state index in [4.69, 9.17) is 11.8 Å². The van der Waals surface area contributed by atoms with Crippen molar-refractivity contribution < 1.29 is 39.4 Å². The molecule has 0 saturated heterocycles. The minimum atomic E-state index is -3.50. The van der Waals surface area contributed by atoms with E-state index < -0.39 is 10.0 Å². The molecule has 1 aromatic heterocycles. The molecular formula is C10H13ClN3NaO2S. The number of benzene rings is 1. The number of imidazole rings is 1. The molecule has 2 N–H and O–H groups in total. The normalized spacial score (nSPS) is 9.89. The van der Waals surface area contributed by atoms with Crippen molar-refractivity contribution in [1.29, 1.82) is 0 Å². The summed E-state index contributed by atoms with van der Waals surface area (Å²) in [6.45, 7) is 1.88. The topological polar surface area (TPSA) is 74.8 Å². The van der Waals surface area contributed by atoms with Crippen LogP contribution in [0.3, 0.4) is 0 Å². The average Bonchev–Trinajstić information content (AvgIpc) is 2.88. The third kappa shape index (κ3) is 5.99. The van der Waals surface area contributed by atoms with Crippen LogP contribution in [0.15, 0.2) is 47.9 Å². The molecule has 0 aliphatic carbocycles. The monoisotopic (exact) mass is 297 g/mol. The summed E-state index contributed by atoms with van der Waals surface area (Å²) in [6.07, 6.45) is 5.08. The minimum absolute atomic E-state index is 0. The number of aromatic amines is 1. The van der Waals surface area contributed by atoms with Gasteiger partial charge in [-0.15, -0.1) is 4.24 Å². The van der Waals surface area contributed by atoms with E-state index in [1.54, 1.807) is 35.1 Å². The first-order valence-electron chi connectivity index (χ1n) is 4.68. The van der Waals surface area contributed by atoms with Gasteiger partial charge >= 0.3 is 29.6 Å². The maximum Gasteiger partial charge on any atom is 1.00 e. The number of nitrogens with one attached hydrogen (secondary N) is 2. The molecule has 2 aromatic rings. The summed E-state index contributed by atoms with van der Waals surface area (Å²) in [4.78, 5) is 6.59. The van der Waals surface area contributed by atoms with Gasteiger partial charge in [0, 0.05) is 12.4 Å². The number of H-pyrrole nitrogens is 1. The largest absolute Gasteiger partial charge is 1.00 e. The zero-order valence-electron chi connectivity index (χ0n) is 11.1. The van der Waals surface area contributed by atoms with E-state index >= 15 is 0 Å². The summed E-state index contributed by atoms with van der Waals surface area (Å²) in [7, 11) is -3.50. The van der Waals surface area contributed by atoms with Crippen LogP contribution in [-0.2, 0) is 10.0 Å². The van der Waals surface area contributed by atoms with Gasteiger partial charge in [0.05, 0.1) is 11.2 Å². The summed E-state index contributed by atoms with van der Waals surface area (Å²) in [5.41, 5.74) is 1.00. The van der Waals surface area contributed by atoms with Crippen LogP contribution in [0.25, 0.3) is 0 Å². The summed E-state index contributed by atoms with van der Waals surface area (Å²) in [5.74, 6) is 0. The Morgan fingerprint density at radius 3 is 2.28 bits per heavy atom. The predicted octanol–water partition coefficient (Wildman–Crippen LogP) is -1.05. The molecule has 0 fully saturated rings. The maximum atomic E-state index is 11.1. The van der Waals surface area contributed by atoms with Gasteiger partial charge in [0.2, 0.25) is 0 Å². The number of aryl methyl sites for hydroxylation is 1. The van der Waals surface area contributed by atoms with E-state index in [1.165, 1.54) is 12.1 Å². The number of hydrogen-bond donors (Lipinski definition) is 2. The summed E-state index contributed by atoms with van der Waals surface area (Å²) < 4.78 is 23.9. The van der Waals surface area contributed by atoms with Crippen molar-refractivity contribution in [3.8, 4) is 0 Å². The fraction of sp³-hybridized carbons (Fsp3) is 0.100. The molecule has 2 rings (SSSR count). The smallest absolute Gasteiger partial charge is 1.00 e. The van der Waals surface area contributed by atoms with Crippen molar-refractivity contribution in [2.75, 3.05) is 0 Å². The molecule has 0 amide bonds. The van der Waals surface area contributed by atoms with Gasteiger partial charge in [-0.05, 0) is 30.8 Å². The SMILES string of the molecule is Cc1ccc(S(=O)(=O)NCl)cc1.[H-].[Na+].c1c[nH]cn1. The van der Waals surface area contributed by atoms with Crippen LogP contribution in [0, 0.1) is 6.92 Å². The zero-order valence-corrected chi connectivity index (χ0v) is 13.7. The average molecular weight is 298 g/mol. The molecule has 0 unspecified atom stereocenters. The van der Waals surface area contributed by atoms with Crippen LogP contribution in [0.4, 0.5) is 0 Å². The molecule has 0 spiro atoms. The van der Waals surface area contributed by atoms with Gasteiger partial charge in [-0.1, -0.05) is 17.7 Å². The van der Waals surface area contributed by atoms with E-state index in [9.17, 15) is 8.42 Å². The number of halogens is 1. The van der Waals surface area contributed by atoms with Gasteiger partial charge < -0.3 is 6.41 Å². The maximum absolute atomic E-state index is 11.1. The summed E-state index contributed by atoms with van der Waals surface area (Å²) >= 11 is 5.03. The van der Waals surface area contributed by atoms with E-state index in [2.05, 4.69) is 9.97 Å². The van der Waals surface area contributed by atoms with Gasteiger partial charge in [-0.25, -0.2) is 13.4 Å². The molecule has 0 aliphatic rings. The second-order valence-corrected chi connectivity index (χ2v) is 5.25. The fourth-order valence-electron chi connectivity index (χ4n) is 0.977. The molecular weight excluding hydrogens is 285 g/mol. The molecule has 0 radical (unpaired) electrons. The predicted molar refractivity (Wildman–Crippen MR) is 67.1 cm³/mol. The van der Waals surface area contributed by atoms with Crippen molar-refractivity contribution in [2.24, 2.45) is 0 Å². The second-order valence-electron chi connectivity index (χ2n) is 3.15. The van der Waals surface area contributed by atoms with Gasteiger partial charge in [-0.2, -0.15) is 0 Å². The Labute approximate surface area is 135 Å². The van der Waals surface area contributed by atoms with Crippen LogP contribution in [0.1, 0.15) is 6.99 Å².